The third-order valence-electron chi connectivity index (χ3n) is 3.46. The molecule has 0 amide bonds. The zero-order valence-electron chi connectivity index (χ0n) is 13.0. The summed E-state index contributed by atoms with van der Waals surface area (Å²) in [6, 6.07) is 0. The molecular weight excluding hydrogens is 268 g/mol. The Balaban J connectivity index is 1.82. The van der Waals surface area contributed by atoms with Crippen molar-refractivity contribution < 1.29 is 9.47 Å². The fourth-order valence-electron chi connectivity index (χ4n) is 2.01. The number of ether oxygens (including phenoxy) is 2. The number of rotatable bonds is 10. The van der Waals surface area contributed by atoms with Gasteiger partial charge in [-0.2, -0.15) is 4.98 Å². The molecular formula is C15H26N4O2. The van der Waals surface area contributed by atoms with E-state index in [1.807, 2.05) is 0 Å². The van der Waals surface area contributed by atoms with Crippen LogP contribution in [0.3, 0.4) is 0 Å². The smallest absolute Gasteiger partial charge is 0.242 e. The van der Waals surface area contributed by atoms with Gasteiger partial charge in [-0.1, -0.05) is 13.3 Å². The lowest BCUT2D eigenvalue weighted by atomic mass is 10.3. The van der Waals surface area contributed by atoms with Crippen LogP contribution < -0.4 is 15.8 Å². The summed E-state index contributed by atoms with van der Waals surface area (Å²) in [5.74, 6) is 2.45. The number of nitrogen functional groups attached to an aromatic ring is 1. The first kappa shape index (κ1) is 15.8. The first-order chi connectivity index (χ1) is 10.3. The van der Waals surface area contributed by atoms with Crippen LogP contribution in [0.15, 0.2) is 0 Å². The normalized spacial score (nSPS) is 14.2. The van der Waals surface area contributed by atoms with E-state index in [-0.39, 0.29) is 0 Å². The minimum absolute atomic E-state index is 0.466. The van der Waals surface area contributed by atoms with Crippen molar-refractivity contribution in [3.63, 3.8) is 0 Å². The molecule has 0 atom stereocenters. The van der Waals surface area contributed by atoms with Gasteiger partial charge in [0.2, 0.25) is 5.88 Å². The Hall–Kier alpha value is -1.56. The van der Waals surface area contributed by atoms with E-state index < -0.39 is 0 Å². The summed E-state index contributed by atoms with van der Waals surface area (Å²) < 4.78 is 10.8. The summed E-state index contributed by atoms with van der Waals surface area (Å²) in [5, 5.41) is 3.27. The van der Waals surface area contributed by atoms with Crippen molar-refractivity contribution in [1.82, 2.24) is 9.97 Å². The van der Waals surface area contributed by atoms with Crippen molar-refractivity contribution >= 4 is 11.5 Å². The van der Waals surface area contributed by atoms with Crippen molar-refractivity contribution in [2.24, 2.45) is 0 Å². The average Bonchev–Trinajstić information content (AvgIpc) is 3.32. The maximum absolute atomic E-state index is 6.02. The SMILES string of the molecule is CCCCOCCCNc1nc(C2CC2)nc(OC)c1N. The summed E-state index contributed by atoms with van der Waals surface area (Å²) >= 11 is 0. The molecule has 1 aromatic heterocycles. The predicted octanol–water partition coefficient (Wildman–Crippen LogP) is 2.56. The van der Waals surface area contributed by atoms with Gasteiger partial charge in [-0.15, -0.1) is 0 Å². The Bertz CT molecular complexity index is 450. The molecule has 0 bridgehead atoms. The molecule has 2 rings (SSSR count). The van der Waals surface area contributed by atoms with Crippen molar-refractivity contribution in [2.45, 2.75) is 44.9 Å². The molecule has 3 N–H and O–H groups in total. The van der Waals surface area contributed by atoms with Crippen LogP contribution in [0.25, 0.3) is 0 Å². The maximum atomic E-state index is 6.02. The predicted molar refractivity (Wildman–Crippen MR) is 83.8 cm³/mol. The number of hydrogen-bond donors (Lipinski definition) is 2. The monoisotopic (exact) mass is 294 g/mol. The second-order valence-corrected chi connectivity index (χ2v) is 5.37. The summed E-state index contributed by atoms with van der Waals surface area (Å²) in [6.45, 7) is 4.53. The quantitative estimate of drug-likeness (QED) is 0.645. The minimum Gasteiger partial charge on any atom is -0.479 e. The lowest BCUT2D eigenvalue weighted by Crippen LogP contribution is -2.12. The van der Waals surface area contributed by atoms with Crippen molar-refractivity contribution in [3.05, 3.63) is 5.82 Å². The Morgan fingerprint density at radius 1 is 1.24 bits per heavy atom. The molecule has 0 aromatic carbocycles. The first-order valence-corrected chi connectivity index (χ1v) is 7.79. The highest BCUT2D eigenvalue weighted by molar-refractivity contribution is 5.67. The molecule has 0 aliphatic heterocycles. The molecule has 1 saturated carbocycles. The van der Waals surface area contributed by atoms with E-state index in [0.717, 1.165) is 51.3 Å². The Morgan fingerprint density at radius 3 is 2.67 bits per heavy atom. The highest BCUT2D eigenvalue weighted by atomic mass is 16.5. The van der Waals surface area contributed by atoms with Gasteiger partial charge in [-0.3, -0.25) is 0 Å². The largest absolute Gasteiger partial charge is 0.479 e. The number of nitrogens with one attached hydrogen (secondary N) is 1. The molecule has 1 aliphatic carbocycles. The topological polar surface area (TPSA) is 82.3 Å². The lowest BCUT2D eigenvalue weighted by molar-refractivity contribution is 0.131. The van der Waals surface area contributed by atoms with Gasteiger partial charge in [0.25, 0.3) is 0 Å². The van der Waals surface area contributed by atoms with Crippen LogP contribution in [0.2, 0.25) is 0 Å². The number of nitrogens with two attached hydrogens (primary N) is 1. The summed E-state index contributed by atoms with van der Waals surface area (Å²) in [5.41, 5.74) is 6.50. The van der Waals surface area contributed by atoms with Crippen LogP contribution in [0.1, 0.15) is 50.8 Å². The molecule has 6 heteroatoms. The fourth-order valence-corrected chi connectivity index (χ4v) is 2.01. The zero-order chi connectivity index (χ0) is 15.1. The second kappa shape index (κ2) is 8.02. The third-order valence-corrected chi connectivity index (χ3v) is 3.46. The molecule has 1 aliphatic rings. The van der Waals surface area contributed by atoms with Gasteiger partial charge in [-0.05, 0) is 25.7 Å². The Morgan fingerprint density at radius 2 is 2.00 bits per heavy atom. The van der Waals surface area contributed by atoms with E-state index in [1.165, 1.54) is 6.42 Å². The van der Waals surface area contributed by atoms with E-state index in [1.54, 1.807) is 7.11 Å². The molecule has 0 spiro atoms. The number of hydrogen-bond acceptors (Lipinski definition) is 6. The van der Waals surface area contributed by atoms with Gasteiger partial charge in [0.1, 0.15) is 11.5 Å². The average molecular weight is 294 g/mol. The van der Waals surface area contributed by atoms with E-state index in [2.05, 4.69) is 22.2 Å². The lowest BCUT2D eigenvalue weighted by Gasteiger charge is -2.12. The van der Waals surface area contributed by atoms with Crippen LogP contribution in [0.5, 0.6) is 5.88 Å². The first-order valence-electron chi connectivity index (χ1n) is 7.79. The number of unbranched alkanes of at least 4 members (excludes halogenated alkanes) is 1. The maximum Gasteiger partial charge on any atom is 0.242 e. The molecule has 0 radical (unpaired) electrons. The molecule has 21 heavy (non-hydrogen) atoms. The molecule has 1 heterocycles. The molecule has 1 fully saturated rings. The zero-order valence-corrected chi connectivity index (χ0v) is 13.0. The van der Waals surface area contributed by atoms with Gasteiger partial charge in [0, 0.05) is 25.7 Å². The molecule has 1 aromatic rings. The van der Waals surface area contributed by atoms with Gasteiger partial charge < -0.3 is 20.5 Å². The number of anilines is 2. The fraction of sp³-hybridized carbons (Fsp3) is 0.733. The number of nitrogens with zero attached hydrogens (tertiary/aromatic N) is 2. The standard InChI is InChI=1S/C15H26N4O2/c1-3-4-9-21-10-5-8-17-14-12(16)15(20-2)19-13(18-14)11-6-7-11/h11H,3-10,16H2,1-2H3,(H,17,18,19). The van der Waals surface area contributed by atoms with Crippen LogP contribution in [-0.2, 0) is 4.74 Å². The van der Waals surface area contributed by atoms with Gasteiger partial charge in [0.05, 0.1) is 7.11 Å². The third kappa shape index (κ3) is 4.74. The van der Waals surface area contributed by atoms with Gasteiger partial charge >= 0.3 is 0 Å². The van der Waals surface area contributed by atoms with Crippen molar-refractivity contribution in [2.75, 3.05) is 37.9 Å². The second-order valence-electron chi connectivity index (χ2n) is 5.37. The van der Waals surface area contributed by atoms with Gasteiger partial charge in [-0.25, -0.2) is 4.98 Å². The Labute approximate surface area is 126 Å². The van der Waals surface area contributed by atoms with E-state index in [9.17, 15) is 0 Å². The van der Waals surface area contributed by atoms with Crippen molar-refractivity contribution in [3.8, 4) is 5.88 Å². The van der Waals surface area contributed by atoms with E-state index in [4.69, 9.17) is 15.2 Å². The van der Waals surface area contributed by atoms with Crippen LogP contribution in [-0.4, -0.2) is 36.8 Å². The van der Waals surface area contributed by atoms with Gasteiger partial charge in [0.15, 0.2) is 5.82 Å². The van der Waals surface area contributed by atoms with Crippen LogP contribution >= 0.6 is 0 Å². The number of methoxy groups -OCH3 is 1. The van der Waals surface area contributed by atoms with E-state index in [0.29, 0.717) is 23.3 Å². The molecule has 0 unspecified atom stereocenters. The van der Waals surface area contributed by atoms with Crippen LogP contribution in [0.4, 0.5) is 11.5 Å². The highest BCUT2D eigenvalue weighted by Crippen LogP contribution is 2.40. The molecule has 0 saturated heterocycles. The summed E-state index contributed by atoms with van der Waals surface area (Å²) in [7, 11) is 1.58. The molecule has 118 valence electrons. The number of aromatic nitrogens is 2. The highest BCUT2D eigenvalue weighted by Gasteiger charge is 2.28. The Kier molecular flexibility index (Phi) is 6.04. The summed E-state index contributed by atoms with van der Waals surface area (Å²) in [4.78, 5) is 8.89. The minimum atomic E-state index is 0.466. The molecule has 6 nitrogen and oxygen atoms in total. The van der Waals surface area contributed by atoms with Crippen LogP contribution in [0, 0.1) is 0 Å². The van der Waals surface area contributed by atoms with E-state index >= 15 is 0 Å². The summed E-state index contributed by atoms with van der Waals surface area (Å²) in [6.07, 6.45) is 5.51. The van der Waals surface area contributed by atoms with Crippen molar-refractivity contribution in [1.29, 1.82) is 0 Å².